The molecule has 0 atom stereocenters. The molecule has 2 aromatic rings. The maximum Gasteiger partial charge on any atom is 0.127 e. The van der Waals surface area contributed by atoms with Gasteiger partial charge in [0.15, 0.2) is 0 Å². The quantitative estimate of drug-likeness (QED) is 0.910. The Balaban J connectivity index is 0.00000144. The fourth-order valence-electron chi connectivity index (χ4n) is 1.81. The summed E-state index contributed by atoms with van der Waals surface area (Å²) in [6.45, 7) is 4.81. The summed E-state index contributed by atoms with van der Waals surface area (Å²) in [5, 5.41) is 11.9. The van der Waals surface area contributed by atoms with Gasteiger partial charge in [-0.3, -0.25) is 9.36 Å². The van der Waals surface area contributed by atoms with E-state index in [1.54, 1.807) is 0 Å². The Morgan fingerprint density at radius 2 is 1.94 bits per heavy atom. The van der Waals surface area contributed by atoms with Gasteiger partial charge >= 0.3 is 0 Å². The third-order valence-corrected chi connectivity index (χ3v) is 2.66. The molecule has 0 aliphatic heterocycles. The summed E-state index contributed by atoms with van der Waals surface area (Å²) in [6, 6.07) is 2.08. The predicted molar refractivity (Wildman–Crippen MR) is 70.5 cm³/mol. The van der Waals surface area contributed by atoms with Gasteiger partial charge in [0.05, 0.1) is 24.1 Å². The molecule has 0 spiro atoms. The summed E-state index contributed by atoms with van der Waals surface area (Å²) >= 11 is 0. The molecule has 0 amide bonds. The fraction of sp³-hybridized carbons (Fsp3) is 0.455. The molecule has 0 aliphatic carbocycles. The van der Waals surface area contributed by atoms with Crippen molar-refractivity contribution in [2.45, 2.75) is 20.4 Å². The molecular formula is C11H18ClN5. The molecule has 0 bridgehead atoms. The number of halogens is 1. The maximum atomic E-state index is 4.31. The minimum atomic E-state index is 0. The van der Waals surface area contributed by atoms with Gasteiger partial charge in [-0.1, -0.05) is 0 Å². The summed E-state index contributed by atoms with van der Waals surface area (Å²) in [7, 11) is 3.89. The van der Waals surface area contributed by atoms with E-state index in [4.69, 9.17) is 0 Å². The lowest BCUT2D eigenvalue weighted by Crippen LogP contribution is -2.09. The fourth-order valence-corrected chi connectivity index (χ4v) is 1.81. The van der Waals surface area contributed by atoms with Gasteiger partial charge in [0, 0.05) is 19.7 Å². The van der Waals surface area contributed by atoms with E-state index in [1.807, 2.05) is 43.5 Å². The lowest BCUT2D eigenvalue weighted by Gasteiger charge is -2.07. The summed E-state index contributed by atoms with van der Waals surface area (Å²) in [5.41, 5.74) is 3.36. The van der Waals surface area contributed by atoms with Gasteiger partial charge in [-0.2, -0.15) is 10.2 Å². The van der Waals surface area contributed by atoms with Gasteiger partial charge in [-0.25, -0.2) is 0 Å². The zero-order valence-corrected chi connectivity index (χ0v) is 11.4. The Hall–Kier alpha value is -1.49. The monoisotopic (exact) mass is 255 g/mol. The van der Waals surface area contributed by atoms with E-state index >= 15 is 0 Å². The molecule has 0 saturated heterocycles. The van der Waals surface area contributed by atoms with Crippen molar-refractivity contribution in [3.05, 3.63) is 29.2 Å². The Labute approximate surface area is 107 Å². The Morgan fingerprint density at radius 3 is 2.41 bits per heavy atom. The first-order valence-corrected chi connectivity index (χ1v) is 5.30. The van der Waals surface area contributed by atoms with Gasteiger partial charge in [-0.05, 0) is 19.9 Å². The zero-order valence-electron chi connectivity index (χ0n) is 10.6. The van der Waals surface area contributed by atoms with Gasteiger partial charge < -0.3 is 5.32 Å². The molecule has 0 aromatic carbocycles. The van der Waals surface area contributed by atoms with Crippen molar-refractivity contribution < 1.29 is 0 Å². The number of hydrogen-bond donors (Lipinski definition) is 1. The van der Waals surface area contributed by atoms with Crippen molar-refractivity contribution in [1.29, 1.82) is 0 Å². The van der Waals surface area contributed by atoms with Crippen molar-refractivity contribution in [3.8, 4) is 0 Å². The number of anilines is 1. The van der Waals surface area contributed by atoms with E-state index in [0.717, 1.165) is 29.3 Å². The van der Waals surface area contributed by atoms with Crippen LogP contribution in [0.5, 0.6) is 0 Å². The minimum absolute atomic E-state index is 0. The van der Waals surface area contributed by atoms with Gasteiger partial charge in [0.1, 0.15) is 5.82 Å². The first-order chi connectivity index (χ1) is 7.58. The van der Waals surface area contributed by atoms with Gasteiger partial charge in [0.2, 0.25) is 0 Å². The minimum Gasteiger partial charge on any atom is -0.364 e. The van der Waals surface area contributed by atoms with Crippen molar-refractivity contribution in [2.75, 3.05) is 5.32 Å². The lowest BCUT2D eigenvalue weighted by atomic mass is 10.3. The molecule has 2 rings (SSSR count). The third kappa shape index (κ3) is 2.79. The average Bonchev–Trinajstić information content (AvgIpc) is 2.69. The van der Waals surface area contributed by atoms with E-state index in [1.165, 1.54) is 0 Å². The molecule has 1 N–H and O–H groups in total. The SMILES string of the molecule is Cc1cc(CNc2c(C)cnn2C)n(C)n1.Cl. The van der Waals surface area contributed by atoms with Gasteiger partial charge in [-0.15, -0.1) is 12.4 Å². The lowest BCUT2D eigenvalue weighted by molar-refractivity contribution is 0.707. The van der Waals surface area contributed by atoms with Crippen molar-refractivity contribution in [2.24, 2.45) is 14.1 Å². The number of aryl methyl sites for hydroxylation is 4. The van der Waals surface area contributed by atoms with Crippen molar-refractivity contribution >= 4 is 18.2 Å². The van der Waals surface area contributed by atoms with Crippen LogP contribution in [-0.4, -0.2) is 19.6 Å². The van der Waals surface area contributed by atoms with Crippen LogP contribution in [0.25, 0.3) is 0 Å². The number of nitrogens with one attached hydrogen (secondary N) is 1. The molecule has 0 fully saturated rings. The molecule has 94 valence electrons. The van der Waals surface area contributed by atoms with E-state index in [0.29, 0.717) is 0 Å². The highest BCUT2D eigenvalue weighted by Gasteiger charge is 2.06. The van der Waals surface area contributed by atoms with Crippen LogP contribution in [-0.2, 0) is 20.6 Å². The first kappa shape index (κ1) is 13.6. The number of aromatic nitrogens is 4. The highest BCUT2D eigenvalue weighted by atomic mass is 35.5. The Morgan fingerprint density at radius 1 is 1.24 bits per heavy atom. The highest BCUT2D eigenvalue weighted by molar-refractivity contribution is 5.85. The second-order valence-electron chi connectivity index (χ2n) is 4.05. The predicted octanol–water partition coefficient (Wildman–Crippen LogP) is 1.80. The molecule has 6 heteroatoms. The van der Waals surface area contributed by atoms with E-state index < -0.39 is 0 Å². The van der Waals surface area contributed by atoms with E-state index in [-0.39, 0.29) is 12.4 Å². The van der Waals surface area contributed by atoms with Crippen LogP contribution in [0.15, 0.2) is 12.3 Å². The van der Waals surface area contributed by atoms with E-state index in [2.05, 4.69) is 21.6 Å². The topological polar surface area (TPSA) is 47.7 Å². The molecular weight excluding hydrogens is 238 g/mol. The molecule has 17 heavy (non-hydrogen) atoms. The van der Waals surface area contributed by atoms with Crippen LogP contribution >= 0.6 is 12.4 Å². The first-order valence-electron chi connectivity index (χ1n) is 5.30. The van der Waals surface area contributed by atoms with Crippen molar-refractivity contribution in [1.82, 2.24) is 19.6 Å². The zero-order chi connectivity index (χ0) is 11.7. The van der Waals surface area contributed by atoms with Crippen LogP contribution in [0, 0.1) is 13.8 Å². The molecule has 0 saturated carbocycles. The standard InChI is InChI=1S/C11H17N5.ClH/c1-8-6-13-16(4)11(8)12-7-10-5-9(2)14-15(10)3;/h5-6,12H,7H2,1-4H3;1H. The summed E-state index contributed by atoms with van der Waals surface area (Å²) in [4.78, 5) is 0. The summed E-state index contributed by atoms with van der Waals surface area (Å²) in [5.74, 6) is 1.05. The maximum absolute atomic E-state index is 4.31. The van der Waals surface area contributed by atoms with Crippen molar-refractivity contribution in [3.63, 3.8) is 0 Å². The molecule has 2 aromatic heterocycles. The normalized spacial score (nSPS) is 10.1. The Bertz CT molecular complexity index is 480. The Kier molecular flexibility index (Phi) is 4.17. The number of nitrogens with zero attached hydrogens (tertiary/aromatic N) is 4. The average molecular weight is 256 g/mol. The van der Waals surface area contributed by atoms with Crippen LogP contribution in [0.3, 0.4) is 0 Å². The molecule has 0 unspecified atom stereocenters. The van der Waals surface area contributed by atoms with Crippen LogP contribution in [0.2, 0.25) is 0 Å². The highest BCUT2D eigenvalue weighted by Crippen LogP contribution is 2.13. The van der Waals surface area contributed by atoms with Crippen LogP contribution in [0.1, 0.15) is 17.0 Å². The second kappa shape index (κ2) is 5.23. The largest absolute Gasteiger partial charge is 0.364 e. The smallest absolute Gasteiger partial charge is 0.127 e. The third-order valence-electron chi connectivity index (χ3n) is 2.66. The van der Waals surface area contributed by atoms with E-state index in [9.17, 15) is 0 Å². The van der Waals surface area contributed by atoms with Crippen LogP contribution < -0.4 is 5.32 Å². The second-order valence-corrected chi connectivity index (χ2v) is 4.05. The van der Waals surface area contributed by atoms with Crippen LogP contribution in [0.4, 0.5) is 5.82 Å². The molecule has 0 aliphatic rings. The number of hydrogen-bond acceptors (Lipinski definition) is 3. The molecule has 2 heterocycles. The van der Waals surface area contributed by atoms with Gasteiger partial charge in [0.25, 0.3) is 0 Å². The molecule has 0 radical (unpaired) electrons. The molecule has 5 nitrogen and oxygen atoms in total. The summed E-state index contributed by atoms with van der Waals surface area (Å²) in [6.07, 6.45) is 1.86. The number of rotatable bonds is 3. The summed E-state index contributed by atoms with van der Waals surface area (Å²) < 4.78 is 3.74.